The highest BCUT2D eigenvalue weighted by atomic mass is 32.2. The Balaban J connectivity index is 1.24. The second-order valence-electron chi connectivity index (χ2n) is 11.0. The highest BCUT2D eigenvalue weighted by molar-refractivity contribution is 7.93. The Kier molecular flexibility index (Phi) is 7.58. The first-order valence-electron chi connectivity index (χ1n) is 14.1. The lowest BCUT2D eigenvalue weighted by Crippen LogP contribution is -2.29. The molecule has 3 aromatic heterocycles. The number of carbonyl (C=O) groups is 1. The highest BCUT2D eigenvalue weighted by Crippen LogP contribution is 2.31. The second kappa shape index (κ2) is 11.4. The highest BCUT2D eigenvalue weighted by Gasteiger charge is 2.28. The van der Waals surface area contributed by atoms with Crippen molar-refractivity contribution in [3.8, 4) is 17.3 Å². The van der Waals surface area contributed by atoms with Crippen LogP contribution in [0.2, 0.25) is 0 Å². The minimum Gasteiger partial charge on any atom is -0.433 e. The third-order valence-electron chi connectivity index (χ3n) is 7.92. The fourth-order valence-corrected chi connectivity index (χ4v) is 7.14. The molecule has 3 heterocycles. The van der Waals surface area contributed by atoms with Crippen LogP contribution in [0.5, 0.6) is 11.6 Å². The third kappa shape index (κ3) is 5.50. The van der Waals surface area contributed by atoms with Crippen molar-refractivity contribution >= 4 is 38.2 Å². The molecule has 2 aromatic carbocycles. The summed E-state index contributed by atoms with van der Waals surface area (Å²) in [6.45, 7) is 3.53. The summed E-state index contributed by atoms with van der Waals surface area (Å²) in [6.07, 6.45) is 6.87. The van der Waals surface area contributed by atoms with E-state index in [2.05, 4.69) is 19.8 Å². The van der Waals surface area contributed by atoms with Crippen LogP contribution in [0, 0.1) is 25.5 Å². The van der Waals surface area contributed by atoms with Crippen molar-refractivity contribution in [3.63, 3.8) is 0 Å². The van der Waals surface area contributed by atoms with Crippen molar-refractivity contribution in [2.75, 3.05) is 10.5 Å². The Morgan fingerprint density at radius 1 is 1.05 bits per heavy atom. The zero-order valence-electron chi connectivity index (χ0n) is 24.0. The largest absolute Gasteiger partial charge is 0.433 e. The molecular weight excluding hydrogens is 590 g/mol. The fourth-order valence-electron chi connectivity index (χ4n) is 5.49. The number of para-hydroxylation sites is 1. The zero-order valence-corrected chi connectivity index (χ0v) is 24.8. The van der Waals surface area contributed by atoms with Crippen molar-refractivity contribution in [3.05, 3.63) is 88.9 Å². The van der Waals surface area contributed by atoms with Crippen molar-refractivity contribution in [2.24, 2.45) is 0 Å². The average Bonchev–Trinajstić information content (AvgIpc) is 3.58. The van der Waals surface area contributed by atoms with Gasteiger partial charge in [0.15, 0.2) is 11.6 Å². The van der Waals surface area contributed by atoms with Gasteiger partial charge < -0.3 is 15.5 Å². The predicted octanol–water partition coefficient (Wildman–Crippen LogP) is 6.32. The van der Waals surface area contributed by atoms with Crippen LogP contribution in [0.25, 0.3) is 16.6 Å². The molecule has 1 fully saturated rings. The number of ether oxygens (including phenoxy) is 1. The van der Waals surface area contributed by atoms with Crippen LogP contribution >= 0.6 is 0 Å². The molecule has 13 heteroatoms. The third-order valence-corrected chi connectivity index (χ3v) is 9.77. The minimum absolute atomic E-state index is 0.0361. The number of anilines is 2. The normalized spacial score (nSPS) is 14.2. The van der Waals surface area contributed by atoms with E-state index in [0.29, 0.717) is 35.3 Å². The fraction of sp³-hybridized carbons (Fsp3) is 0.258. The standard InChI is InChI=1S/C31H30F2N6O4S/c1-17-11-19-13-26(37-25(19)14-24(17)38-44(41,42)20-7-4-3-5-8-20)29(40)21-15-36-39(31(21)34)27-16-35-28(12-18(27)2)43-30-22(32)9-6-10-23(30)33/h6,9-16,20,37-38H,3-5,7-8,34H2,1-2H3. The van der Waals surface area contributed by atoms with Crippen molar-refractivity contribution in [1.82, 2.24) is 19.7 Å². The van der Waals surface area contributed by atoms with E-state index in [1.165, 1.54) is 29.2 Å². The number of hydrogen-bond acceptors (Lipinski definition) is 7. The van der Waals surface area contributed by atoms with Crippen LogP contribution in [0.1, 0.15) is 59.3 Å². The van der Waals surface area contributed by atoms with E-state index >= 15 is 0 Å². The number of ketones is 1. The minimum atomic E-state index is -3.54. The summed E-state index contributed by atoms with van der Waals surface area (Å²) in [6, 6.07) is 10.1. The smallest absolute Gasteiger partial charge is 0.235 e. The molecular formula is C31H30F2N6O4S. The van der Waals surface area contributed by atoms with E-state index in [4.69, 9.17) is 10.5 Å². The van der Waals surface area contributed by atoms with E-state index in [1.807, 2.05) is 13.0 Å². The number of sulfonamides is 1. The summed E-state index contributed by atoms with van der Waals surface area (Å²) in [5.74, 6) is -2.68. The Morgan fingerprint density at radius 3 is 2.48 bits per heavy atom. The van der Waals surface area contributed by atoms with Crippen molar-refractivity contribution in [1.29, 1.82) is 0 Å². The van der Waals surface area contributed by atoms with Crippen LogP contribution in [0.15, 0.2) is 54.9 Å². The van der Waals surface area contributed by atoms with Gasteiger partial charge in [-0.25, -0.2) is 26.9 Å². The summed E-state index contributed by atoms with van der Waals surface area (Å²) < 4.78 is 63.5. The van der Waals surface area contributed by atoms with Gasteiger partial charge in [0.05, 0.1) is 40.3 Å². The molecule has 1 aliphatic rings. The number of hydrogen-bond donors (Lipinski definition) is 3. The summed E-state index contributed by atoms with van der Waals surface area (Å²) >= 11 is 0. The number of pyridine rings is 1. The van der Waals surface area contributed by atoms with E-state index in [1.54, 1.807) is 19.1 Å². The molecule has 10 nitrogen and oxygen atoms in total. The number of benzene rings is 2. The lowest BCUT2D eigenvalue weighted by Gasteiger charge is -2.23. The van der Waals surface area contributed by atoms with Gasteiger partial charge in [-0.3, -0.25) is 9.52 Å². The van der Waals surface area contributed by atoms with Gasteiger partial charge in [-0.2, -0.15) is 5.10 Å². The maximum absolute atomic E-state index is 14.0. The summed E-state index contributed by atoms with van der Waals surface area (Å²) in [5, 5.41) is 4.60. The number of rotatable bonds is 8. The maximum atomic E-state index is 14.0. The molecule has 44 heavy (non-hydrogen) atoms. The number of aromatic nitrogens is 4. The van der Waals surface area contributed by atoms with Gasteiger partial charge >= 0.3 is 0 Å². The van der Waals surface area contributed by atoms with Crippen LogP contribution in [0.4, 0.5) is 20.3 Å². The molecule has 0 saturated heterocycles. The molecule has 5 aromatic rings. The van der Waals surface area contributed by atoms with Crippen molar-refractivity contribution < 1.29 is 26.7 Å². The first-order chi connectivity index (χ1) is 21.0. The van der Waals surface area contributed by atoms with Crippen molar-refractivity contribution in [2.45, 2.75) is 51.2 Å². The van der Waals surface area contributed by atoms with Crippen LogP contribution in [-0.2, 0) is 10.0 Å². The summed E-state index contributed by atoms with van der Waals surface area (Å²) in [5.41, 5.74) is 9.54. The molecule has 228 valence electrons. The quantitative estimate of drug-likeness (QED) is 0.172. The Morgan fingerprint density at radius 2 is 1.77 bits per heavy atom. The Labute approximate surface area is 252 Å². The van der Waals surface area contributed by atoms with Gasteiger partial charge in [0.2, 0.25) is 27.4 Å². The van der Waals surface area contributed by atoms with Gasteiger partial charge in [0, 0.05) is 17.0 Å². The molecule has 1 aliphatic carbocycles. The Bertz CT molecular complexity index is 1990. The monoisotopic (exact) mass is 620 g/mol. The number of fused-ring (bicyclic) bond motifs is 1. The molecule has 0 radical (unpaired) electrons. The first kappa shape index (κ1) is 29.3. The van der Waals surface area contributed by atoms with Crippen LogP contribution in [-0.4, -0.2) is 39.2 Å². The lowest BCUT2D eigenvalue weighted by atomic mass is 10.0. The molecule has 0 atom stereocenters. The zero-order chi connectivity index (χ0) is 31.2. The molecule has 0 unspecified atom stereocenters. The number of halogens is 2. The topological polar surface area (TPSA) is 145 Å². The number of nitrogens with two attached hydrogens (primary N) is 1. The number of nitrogen functional groups attached to an aromatic ring is 1. The molecule has 4 N–H and O–H groups in total. The molecule has 0 spiro atoms. The van der Waals surface area contributed by atoms with E-state index in [0.717, 1.165) is 42.3 Å². The Hall–Kier alpha value is -4.78. The molecule has 0 aliphatic heterocycles. The number of aryl methyl sites for hydroxylation is 2. The molecule has 0 amide bonds. The number of carbonyl (C=O) groups excluding carboxylic acids is 1. The van der Waals surface area contributed by atoms with E-state index in [-0.39, 0.29) is 23.0 Å². The second-order valence-corrected chi connectivity index (χ2v) is 13.0. The SMILES string of the molecule is Cc1cc2cc(C(=O)c3cnn(-c4cnc(Oc5c(F)cccc5F)cc4C)c3N)[nH]c2cc1NS(=O)(=O)C1CCCCC1. The number of nitrogens with one attached hydrogen (secondary N) is 2. The van der Waals surface area contributed by atoms with Crippen LogP contribution < -0.4 is 15.2 Å². The summed E-state index contributed by atoms with van der Waals surface area (Å²) in [4.78, 5) is 20.7. The van der Waals surface area contributed by atoms with Gasteiger partial charge in [0.1, 0.15) is 5.82 Å². The van der Waals surface area contributed by atoms with Gasteiger partial charge in [0.25, 0.3) is 0 Å². The van der Waals surface area contributed by atoms with Crippen LogP contribution in [0.3, 0.4) is 0 Å². The lowest BCUT2D eigenvalue weighted by molar-refractivity contribution is 0.103. The van der Waals surface area contributed by atoms with Gasteiger partial charge in [-0.05, 0) is 68.1 Å². The molecule has 0 bridgehead atoms. The number of nitrogens with zero attached hydrogens (tertiary/aromatic N) is 3. The van der Waals surface area contributed by atoms with E-state index < -0.39 is 38.4 Å². The summed E-state index contributed by atoms with van der Waals surface area (Å²) in [7, 11) is -3.54. The van der Waals surface area contributed by atoms with Gasteiger partial charge in [-0.15, -0.1) is 0 Å². The average molecular weight is 621 g/mol. The van der Waals surface area contributed by atoms with E-state index in [9.17, 15) is 22.0 Å². The molecule has 1 saturated carbocycles. The number of aromatic amines is 1. The maximum Gasteiger partial charge on any atom is 0.235 e. The number of H-pyrrole nitrogens is 1. The van der Waals surface area contributed by atoms with Gasteiger partial charge in [-0.1, -0.05) is 25.3 Å². The first-order valence-corrected chi connectivity index (χ1v) is 15.7. The molecule has 6 rings (SSSR count). The predicted molar refractivity (Wildman–Crippen MR) is 163 cm³/mol.